The van der Waals surface area contributed by atoms with Crippen LogP contribution in [0.25, 0.3) is 0 Å². The Morgan fingerprint density at radius 2 is 2.05 bits per heavy atom. The van der Waals surface area contributed by atoms with Gasteiger partial charge in [-0.2, -0.15) is 0 Å². The van der Waals surface area contributed by atoms with Gasteiger partial charge in [-0.25, -0.2) is 0 Å². The van der Waals surface area contributed by atoms with Gasteiger partial charge in [0, 0.05) is 19.1 Å². The van der Waals surface area contributed by atoms with Crippen molar-refractivity contribution < 1.29 is 4.79 Å². The third kappa shape index (κ3) is 6.79. The fraction of sp³-hybridized carbons (Fsp3) is 0.941. The van der Waals surface area contributed by atoms with Crippen LogP contribution in [0.3, 0.4) is 0 Å². The monoisotopic (exact) mass is 297 g/mol. The zero-order chi connectivity index (χ0) is 15.7. The van der Waals surface area contributed by atoms with Crippen molar-refractivity contribution in [3.8, 4) is 0 Å². The SMILES string of the molecule is CCCCNC(=O)C(C)N1CCCCC1CNCC(C)C. The number of unbranched alkanes of at least 4 members (excludes halogenated alkanes) is 1. The van der Waals surface area contributed by atoms with E-state index in [1.54, 1.807) is 0 Å². The zero-order valence-electron chi connectivity index (χ0n) is 14.5. The Balaban J connectivity index is 2.44. The number of amides is 1. The number of nitrogens with one attached hydrogen (secondary N) is 2. The lowest BCUT2D eigenvalue weighted by Gasteiger charge is -2.39. The summed E-state index contributed by atoms with van der Waals surface area (Å²) in [6.45, 7) is 12.6. The van der Waals surface area contributed by atoms with E-state index >= 15 is 0 Å². The van der Waals surface area contributed by atoms with Crippen molar-refractivity contribution in [3.63, 3.8) is 0 Å². The van der Waals surface area contributed by atoms with Gasteiger partial charge in [0.25, 0.3) is 0 Å². The molecule has 1 rings (SSSR count). The smallest absolute Gasteiger partial charge is 0.237 e. The van der Waals surface area contributed by atoms with Crippen molar-refractivity contribution >= 4 is 5.91 Å². The van der Waals surface area contributed by atoms with Crippen LogP contribution in [0.2, 0.25) is 0 Å². The van der Waals surface area contributed by atoms with Gasteiger partial charge in [-0.15, -0.1) is 0 Å². The summed E-state index contributed by atoms with van der Waals surface area (Å²) in [6.07, 6.45) is 5.90. The maximum atomic E-state index is 12.3. The highest BCUT2D eigenvalue weighted by Crippen LogP contribution is 2.19. The van der Waals surface area contributed by atoms with Crippen molar-refractivity contribution in [2.75, 3.05) is 26.2 Å². The summed E-state index contributed by atoms with van der Waals surface area (Å²) >= 11 is 0. The topological polar surface area (TPSA) is 44.4 Å². The number of hydrogen-bond acceptors (Lipinski definition) is 3. The number of likely N-dealkylation sites (tertiary alicyclic amines) is 1. The molecule has 1 aliphatic rings. The molecule has 124 valence electrons. The van der Waals surface area contributed by atoms with Crippen LogP contribution in [-0.2, 0) is 4.79 Å². The van der Waals surface area contributed by atoms with Crippen LogP contribution in [0.4, 0.5) is 0 Å². The molecule has 0 spiro atoms. The minimum Gasteiger partial charge on any atom is -0.355 e. The van der Waals surface area contributed by atoms with Gasteiger partial charge in [0.05, 0.1) is 6.04 Å². The summed E-state index contributed by atoms with van der Waals surface area (Å²) in [4.78, 5) is 14.7. The Morgan fingerprint density at radius 3 is 2.71 bits per heavy atom. The van der Waals surface area contributed by atoms with Crippen molar-refractivity contribution in [2.24, 2.45) is 5.92 Å². The van der Waals surface area contributed by atoms with Gasteiger partial charge in [0.15, 0.2) is 0 Å². The first kappa shape index (κ1) is 18.4. The number of piperidine rings is 1. The molecule has 2 atom stereocenters. The Hall–Kier alpha value is -0.610. The molecule has 0 aromatic heterocycles. The van der Waals surface area contributed by atoms with Crippen molar-refractivity contribution in [1.82, 2.24) is 15.5 Å². The largest absolute Gasteiger partial charge is 0.355 e. The second-order valence-corrected chi connectivity index (χ2v) is 6.76. The summed E-state index contributed by atoms with van der Waals surface area (Å²) < 4.78 is 0. The van der Waals surface area contributed by atoms with E-state index in [1.807, 2.05) is 0 Å². The van der Waals surface area contributed by atoms with Crippen LogP contribution in [0.5, 0.6) is 0 Å². The summed E-state index contributed by atoms with van der Waals surface area (Å²) in [5.74, 6) is 0.871. The number of nitrogens with zero attached hydrogens (tertiary/aromatic N) is 1. The summed E-state index contributed by atoms with van der Waals surface area (Å²) in [5.41, 5.74) is 0. The van der Waals surface area contributed by atoms with E-state index in [-0.39, 0.29) is 11.9 Å². The highest BCUT2D eigenvalue weighted by molar-refractivity contribution is 5.81. The van der Waals surface area contributed by atoms with E-state index in [0.29, 0.717) is 12.0 Å². The quantitative estimate of drug-likeness (QED) is 0.642. The van der Waals surface area contributed by atoms with Gasteiger partial charge >= 0.3 is 0 Å². The molecule has 21 heavy (non-hydrogen) atoms. The second kappa shape index (κ2) is 10.2. The van der Waals surface area contributed by atoms with Crippen LogP contribution in [0, 0.1) is 5.92 Å². The normalized spacial score (nSPS) is 21.5. The van der Waals surface area contributed by atoms with Crippen LogP contribution >= 0.6 is 0 Å². The molecular formula is C17H35N3O. The highest BCUT2D eigenvalue weighted by atomic mass is 16.2. The molecule has 4 heteroatoms. The summed E-state index contributed by atoms with van der Waals surface area (Å²) in [6, 6.07) is 0.498. The molecule has 0 aromatic carbocycles. The predicted octanol–water partition coefficient (Wildman–Crippen LogP) is 2.39. The maximum Gasteiger partial charge on any atom is 0.237 e. The Kier molecular flexibility index (Phi) is 8.93. The molecule has 0 aromatic rings. The van der Waals surface area contributed by atoms with Gasteiger partial charge in [-0.1, -0.05) is 33.6 Å². The molecule has 4 nitrogen and oxygen atoms in total. The number of carbonyl (C=O) groups excluding carboxylic acids is 1. The van der Waals surface area contributed by atoms with Gasteiger partial charge in [0.2, 0.25) is 5.91 Å². The van der Waals surface area contributed by atoms with E-state index in [4.69, 9.17) is 0 Å². The lowest BCUT2D eigenvalue weighted by atomic mass is 9.99. The molecule has 0 radical (unpaired) electrons. The average Bonchev–Trinajstić information content (AvgIpc) is 2.47. The van der Waals surface area contributed by atoms with Gasteiger partial charge in [-0.05, 0) is 45.2 Å². The number of rotatable bonds is 9. The first-order valence-corrected chi connectivity index (χ1v) is 8.80. The molecular weight excluding hydrogens is 262 g/mol. The van der Waals surface area contributed by atoms with E-state index in [0.717, 1.165) is 39.0 Å². The predicted molar refractivity (Wildman–Crippen MR) is 89.4 cm³/mol. The maximum absolute atomic E-state index is 12.3. The fourth-order valence-electron chi connectivity index (χ4n) is 2.98. The third-order valence-electron chi connectivity index (χ3n) is 4.31. The molecule has 2 N–H and O–H groups in total. The van der Waals surface area contributed by atoms with Crippen molar-refractivity contribution in [2.45, 2.75) is 71.9 Å². The first-order chi connectivity index (χ1) is 10.1. The van der Waals surface area contributed by atoms with Crippen LogP contribution < -0.4 is 10.6 Å². The van der Waals surface area contributed by atoms with Crippen LogP contribution in [0.15, 0.2) is 0 Å². The minimum atomic E-state index is -0.00648. The van der Waals surface area contributed by atoms with Gasteiger partial charge < -0.3 is 10.6 Å². The minimum absolute atomic E-state index is 0.00648. The molecule has 0 aliphatic carbocycles. The lowest BCUT2D eigenvalue weighted by Crippen LogP contribution is -2.54. The first-order valence-electron chi connectivity index (χ1n) is 8.80. The summed E-state index contributed by atoms with van der Waals surface area (Å²) in [5, 5.41) is 6.63. The van der Waals surface area contributed by atoms with E-state index in [2.05, 4.69) is 43.2 Å². The van der Waals surface area contributed by atoms with Gasteiger partial charge in [-0.3, -0.25) is 9.69 Å². The molecule has 0 bridgehead atoms. The Morgan fingerprint density at radius 1 is 1.29 bits per heavy atom. The third-order valence-corrected chi connectivity index (χ3v) is 4.31. The van der Waals surface area contributed by atoms with Crippen LogP contribution in [-0.4, -0.2) is 49.1 Å². The standard InChI is InChI=1S/C17H35N3O/c1-5-6-10-19-17(21)15(4)20-11-8-7-9-16(20)13-18-12-14(2)3/h14-16,18H,5-13H2,1-4H3,(H,19,21). The van der Waals surface area contributed by atoms with Gasteiger partial charge in [0.1, 0.15) is 0 Å². The zero-order valence-corrected chi connectivity index (χ0v) is 14.5. The molecule has 1 heterocycles. The number of carbonyl (C=O) groups is 1. The van der Waals surface area contributed by atoms with E-state index in [1.165, 1.54) is 19.3 Å². The Bertz CT molecular complexity index is 294. The van der Waals surface area contributed by atoms with Crippen molar-refractivity contribution in [3.05, 3.63) is 0 Å². The molecule has 1 aliphatic heterocycles. The van der Waals surface area contributed by atoms with Crippen LogP contribution in [0.1, 0.15) is 59.8 Å². The lowest BCUT2D eigenvalue weighted by molar-refractivity contribution is -0.127. The molecule has 1 fully saturated rings. The molecule has 2 unspecified atom stereocenters. The number of hydrogen-bond donors (Lipinski definition) is 2. The average molecular weight is 297 g/mol. The van der Waals surface area contributed by atoms with E-state index < -0.39 is 0 Å². The second-order valence-electron chi connectivity index (χ2n) is 6.76. The van der Waals surface area contributed by atoms with E-state index in [9.17, 15) is 4.79 Å². The molecule has 1 amide bonds. The Labute approximate surface area is 131 Å². The van der Waals surface area contributed by atoms with Crippen molar-refractivity contribution in [1.29, 1.82) is 0 Å². The molecule has 1 saturated heterocycles. The summed E-state index contributed by atoms with van der Waals surface area (Å²) in [7, 11) is 0. The fourth-order valence-corrected chi connectivity index (χ4v) is 2.98. The highest BCUT2D eigenvalue weighted by Gasteiger charge is 2.29. The molecule has 0 saturated carbocycles.